The predicted molar refractivity (Wildman–Crippen MR) is 85.2 cm³/mol. The molecule has 0 saturated heterocycles. The molecule has 0 radical (unpaired) electrons. The van der Waals surface area contributed by atoms with Gasteiger partial charge in [0, 0.05) is 25.3 Å². The minimum atomic E-state index is -0.263. The first-order chi connectivity index (χ1) is 9.06. The Morgan fingerprint density at radius 3 is 2.85 bits per heavy atom. The van der Waals surface area contributed by atoms with Crippen molar-refractivity contribution in [3.8, 4) is 0 Å². The third-order valence-corrected chi connectivity index (χ3v) is 3.33. The molecule has 0 aromatic heterocycles. The van der Waals surface area contributed by atoms with Crippen molar-refractivity contribution in [2.75, 3.05) is 25.0 Å². The van der Waals surface area contributed by atoms with Crippen LogP contribution in [0.15, 0.2) is 18.2 Å². The van der Waals surface area contributed by atoms with E-state index in [9.17, 15) is 4.79 Å². The number of rotatable bonds is 6. The summed E-state index contributed by atoms with van der Waals surface area (Å²) in [5, 5.41) is 3.44. The quantitative estimate of drug-likeness (QED) is 0.844. The van der Waals surface area contributed by atoms with E-state index in [0.717, 1.165) is 26.1 Å². The standard InChI is InChI=1S/C15H23N3O.ClH/c1-11(2)8-18(10-14(16)19)9-13-5-3-4-12-6-7-17-15(12)13;/h3-5,11,17H,6-10H2,1-2H3,(H2,16,19);1H. The van der Waals surface area contributed by atoms with Crippen molar-refractivity contribution in [2.24, 2.45) is 11.7 Å². The van der Waals surface area contributed by atoms with Crippen molar-refractivity contribution < 1.29 is 4.79 Å². The summed E-state index contributed by atoms with van der Waals surface area (Å²) < 4.78 is 0. The largest absolute Gasteiger partial charge is 0.384 e. The lowest BCUT2D eigenvalue weighted by Crippen LogP contribution is -2.35. The van der Waals surface area contributed by atoms with Crippen LogP contribution in [0.25, 0.3) is 0 Å². The van der Waals surface area contributed by atoms with E-state index >= 15 is 0 Å². The monoisotopic (exact) mass is 297 g/mol. The first-order valence-corrected chi connectivity index (χ1v) is 6.91. The molecular weight excluding hydrogens is 274 g/mol. The Bertz CT molecular complexity index is 462. The average molecular weight is 298 g/mol. The molecule has 3 N–H and O–H groups in total. The molecule has 1 aromatic carbocycles. The van der Waals surface area contributed by atoms with E-state index in [-0.39, 0.29) is 18.3 Å². The van der Waals surface area contributed by atoms with Crippen molar-refractivity contribution in [2.45, 2.75) is 26.8 Å². The summed E-state index contributed by atoms with van der Waals surface area (Å²) in [5.74, 6) is 0.255. The lowest BCUT2D eigenvalue weighted by Gasteiger charge is -2.24. The zero-order chi connectivity index (χ0) is 13.8. The highest BCUT2D eigenvalue weighted by Gasteiger charge is 2.17. The number of nitrogens with zero attached hydrogens (tertiary/aromatic N) is 1. The van der Waals surface area contributed by atoms with Gasteiger partial charge in [-0.1, -0.05) is 32.0 Å². The van der Waals surface area contributed by atoms with Gasteiger partial charge in [-0.25, -0.2) is 0 Å². The number of amides is 1. The molecule has 20 heavy (non-hydrogen) atoms. The second kappa shape index (κ2) is 7.50. The second-order valence-electron chi connectivity index (χ2n) is 5.66. The van der Waals surface area contributed by atoms with Crippen molar-refractivity contribution in [1.29, 1.82) is 0 Å². The Morgan fingerprint density at radius 1 is 1.45 bits per heavy atom. The number of nitrogens with one attached hydrogen (secondary N) is 1. The molecule has 4 nitrogen and oxygen atoms in total. The maximum atomic E-state index is 11.2. The molecule has 0 spiro atoms. The Kier molecular flexibility index (Phi) is 6.30. The van der Waals surface area contributed by atoms with E-state index in [1.165, 1.54) is 16.8 Å². The Hall–Kier alpha value is -1.26. The van der Waals surface area contributed by atoms with Crippen LogP contribution in [-0.4, -0.2) is 30.4 Å². The fraction of sp³-hybridized carbons (Fsp3) is 0.533. The number of halogens is 1. The van der Waals surface area contributed by atoms with Crippen LogP contribution in [0.4, 0.5) is 5.69 Å². The van der Waals surface area contributed by atoms with Crippen LogP contribution in [0.1, 0.15) is 25.0 Å². The maximum Gasteiger partial charge on any atom is 0.231 e. The summed E-state index contributed by atoms with van der Waals surface area (Å²) >= 11 is 0. The van der Waals surface area contributed by atoms with Crippen molar-refractivity contribution in [1.82, 2.24) is 4.90 Å². The van der Waals surface area contributed by atoms with Gasteiger partial charge in [-0.15, -0.1) is 12.4 Å². The van der Waals surface area contributed by atoms with Crippen LogP contribution in [-0.2, 0) is 17.8 Å². The molecule has 2 rings (SSSR count). The van der Waals surface area contributed by atoms with E-state index in [1.54, 1.807) is 0 Å². The molecule has 0 saturated carbocycles. The van der Waals surface area contributed by atoms with Gasteiger partial charge in [-0.05, 0) is 23.5 Å². The number of nitrogens with two attached hydrogens (primary N) is 1. The molecule has 1 aliphatic rings. The van der Waals surface area contributed by atoms with Gasteiger partial charge < -0.3 is 11.1 Å². The maximum absolute atomic E-state index is 11.2. The van der Waals surface area contributed by atoms with Crippen LogP contribution in [0.5, 0.6) is 0 Å². The summed E-state index contributed by atoms with van der Waals surface area (Å²) in [5.41, 5.74) is 9.23. The molecule has 5 heteroatoms. The van der Waals surface area contributed by atoms with Gasteiger partial charge in [0.25, 0.3) is 0 Å². The summed E-state index contributed by atoms with van der Waals surface area (Å²) in [6.45, 7) is 7.29. The van der Waals surface area contributed by atoms with E-state index < -0.39 is 0 Å². The normalized spacial score (nSPS) is 13.0. The molecule has 0 aliphatic carbocycles. The number of anilines is 1. The van der Waals surface area contributed by atoms with Crippen molar-refractivity contribution >= 4 is 24.0 Å². The number of hydrogen-bond donors (Lipinski definition) is 2. The highest BCUT2D eigenvalue weighted by atomic mass is 35.5. The van der Waals surface area contributed by atoms with Crippen LogP contribution in [0.2, 0.25) is 0 Å². The Balaban J connectivity index is 0.00000200. The van der Waals surface area contributed by atoms with Crippen LogP contribution in [0.3, 0.4) is 0 Å². The third-order valence-electron chi connectivity index (χ3n) is 3.33. The van der Waals surface area contributed by atoms with Crippen molar-refractivity contribution in [3.05, 3.63) is 29.3 Å². The third kappa shape index (κ3) is 4.39. The number of carbonyl (C=O) groups excluding carboxylic acids is 1. The van der Waals surface area contributed by atoms with Gasteiger partial charge in [0.2, 0.25) is 5.91 Å². The average Bonchev–Trinajstić information content (AvgIpc) is 2.76. The summed E-state index contributed by atoms with van der Waals surface area (Å²) in [4.78, 5) is 13.3. The van der Waals surface area contributed by atoms with Crippen LogP contribution >= 0.6 is 12.4 Å². The molecule has 1 heterocycles. The molecular formula is C15H24ClN3O. The molecule has 0 bridgehead atoms. The Labute approximate surface area is 127 Å². The van der Waals surface area contributed by atoms with E-state index in [4.69, 9.17) is 5.73 Å². The van der Waals surface area contributed by atoms with Crippen LogP contribution in [0, 0.1) is 5.92 Å². The smallest absolute Gasteiger partial charge is 0.231 e. The fourth-order valence-corrected chi connectivity index (χ4v) is 2.71. The van der Waals surface area contributed by atoms with Gasteiger partial charge in [0.15, 0.2) is 0 Å². The highest BCUT2D eigenvalue weighted by molar-refractivity contribution is 5.85. The predicted octanol–water partition coefficient (Wildman–Crippen LogP) is 2.02. The zero-order valence-electron chi connectivity index (χ0n) is 12.2. The number of hydrogen-bond acceptors (Lipinski definition) is 3. The molecule has 1 amide bonds. The van der Waals surface area contributed by atoms with Gasteiger partial charge in [-0.2, -0.15) is 0 Å². The second-order valence-corrected chi connectivity index (χ2v) is 5.66. The Morgan fingerprint density at radius 2 is 2.20 bits per heavy atom. The first-order valence-electron chi connectivity index (χ1n) is 6.91. The van der Waals surface area contributed by atoms with Gasteiger partial charge in [0.1, 0.15) is 0 Å². The number of benzene rings is 1. The van der Waals surface area contributed by atoms with E-state index in [1.807, 2.05) is 0 Å². The number of para-hydroxylation sites is 1. The minimum absolute atomic E-state index is 0. The fourth-order valence-electron chi connectivity index (χ4n) is 2.71. The highest BCUT2D eigenvalue weighted by Crippen LogP contribution is 2.27. The van der Waals surface area contributed by atoms with E-state index in [2.05, 4.69) is 42.3 Å². The first kappa shape index (κ1) is 16.8. The summed E-state index contributed by atoms with van der Waals surface area (Å²) in [6, 6.07) is 6.39. The van der Waals surface area contributed by atoms with E-state index in [0.29, 0.717) is 12.5 Å². The lowest BCUT2D eigenvalue weighted by molar-refractivity contribution is -0.119. The topological polar surface area (TPSA) is 58.4 Å². The zero-order valence-corrected chi connectivity index (χ0v) is 13.0. The molecule has 0 atom stereocenters. The lowest BCUT2D eigenvalue weighted by atomic mass is 10.1. The molecule has 1 aliphatic heterocycles. The molecule has 0 unspecified atom stereocenters. The molecule has 1 aromatic rings. The summed E-state index contributed by atoms with van der Waals surface area (Å²) in [6.07, 6.45) is 1.09. The number of carbonyl (C=O) groups is 1. The SMILES string of the molecule is CC(C)CN(CC(N)=O)Cc1cccc2c1NCC2.Cl. The van der Waals surface area contributed by atoms with Crippen LogP contribution < -0.4 is 11.1 Å². The molecule has 0 fully saturated rings. The summed E-state index contributed by atoms with van der Waals surface area (Å²) in [7, 11) is 0. The number of primary amides is 1. The van der Waals surface area contributed by atoms with Crippen molar-refractivity contribution in [3.63, 3.8) is 0 Å². The molecule has 112 valence electrons. The van der Waals surface area contributed by atoms with Gasteiger partial charge >= 0.3 is 0 Å². The number of fused-ring (bicyclic) bond motifs is 1. The van der Waals surface area contributed by atoms with Gasteiger partial charge in [0.05, 0.1) is 6.54 Å². The van der Waals surface area contributed by atoms with Gasteiger partial charge in [-0.3, -0.25) is 9.69 Å². The minimum Gasteiger partial charge on any atom is -0.384 e.